The second-order valence-corrected chi connectivity index (χ2v) is 7.32. The molecule has 4 nitrogen and oxygen atoms in total. The van der Waals surface area contributed by atoms with E-state index in [0.29, 0.717) is 6.04 Å². The molecule has 1 aromatic carbocycles. The van der Waals surface area contributed by atoms with E-state index in [-0.39, 0.29) is 0 Å². The Balaban J connectivity index is 1.71. The van der Waals surface area contributed by atoms with Gasteiger partial charge in [-0.3, -0.25) is 14.0 Å². The Hall–Kier alpha value is -0.750. The zero-order chi connectivity index (χ0) is 15.8. The second-order valence-electron chi connectivity index (χ2n) is 5.75. The van der Waals surface area contributed by atoms with Gasteiger partial charge in [0.05, 0.1) is 17.4 Å². The lowest BCUT2D eigenvalue weighted by Crippen LogP contribution is -2.53. The van der Waals surface area contributed by atoms with Gasteiger partial charge in [0.2, 0.25) is 0 Å². The van der Waals surface area contributed by atoms with Gasteiger partial charge in [-0.15, -0.1) is 0 Å². The molecule has 0 bridgehead atoms. The van der Waals surface area contributed by atoms with Gasteiger partial charge in [-0.1, -0.05) is 18.2 Å². The number of nitrogens with zero attached hydrogens (tertiary/aromatic N) is 2. The van der Waals surface area contributed by atoms with Gasteiger partial charge in [-0.05, 0) is 26.0 Å². The van der Waals surface area contributed by atoms with Crippen LogP contribution in [0.25, 0.3) is 0 Å². The van der Waals surface area contributed by atoms with Crippen molar-refractivity contribution in [1.29, 1.82) is 0 Å². The number of hydrogen-bond donors (Lipinski definition) is 0. The minimum Gasteiger partial charge on any atom is -0.380 e. The van der Waals surface area contributed by atoms with E-state index in [1.165, 1.54) is 0 Å². The molecule has 0 aromatic heterocycles. The number of benzene rings is 1. The summed E-state index contributed by atoms with van der Waals surface area (Å²) >= 11 is 0. The highest BCUT2D eigenvalue weighted by molar-refractivity contribution is 7.85. The third kappa shape index (κ3) is 5.47. The van der Waals surface area contributed by atoms with Crippen molar-refractivity contribution in [3.05, 3.63) is 30.3 Å². The zero-order valence-electron chi connectivity index (χ0n) is 13.7. The van der Waals surface area contributed by atoms with Gasteiger partial charge >= 0.3 is 0 Å². The van der Waals surface area contributed by atoms with Crippen LogP contribution in [-0.2, 0) is 15.5 Å². The molecule has 0 N–H and O–H groups in total. The minimum absolute atomic E-state index is 0.541. The lowest BCUT2D eigenvalue weighted by molar-refractivity contribution is 0.0516. The smallest absolute Gasteiger partial charge is 0.0593 e. The van der Waals surface area contributed by atoms with Crippen molar-refractivity contribution in [1.82, 2.24) is 9.80 Å². The summed E-state index contributed by atoms with van der Waals surface area (Å²) in [6.45, 7) is 11.0. The fourth-order valence-electron chi connectivity index (χ4n) is 2.83. The fraction of sp³-hybridized carbons (Fsp3) is 0.647. The Morgan fingerprint density at radius 3 is 2.68 bits per heavy atom. The van der Waals surface area contributed by atoms with Crippen LogP contribution in [-0.4, -0.2) is 71.7 Å². The molecule has 1 aromatic rings. The van der Waals surface area contributed by atoms with E-state index in [9.17, 15) is 4.21 Å². The van der Waals surface area contributed by atoms with E-state index in [1.807, 2.05) is 37.3 Å². The minimum atomic E-state index is -0.886. The number of rotatable bonds is 8. The van der Waals surface area contributed by atoms with Gasteiger partial charge in [0.25, 0.3) is 0 Å². The van der Waals surface area contributed by atoms with Gasteiger partial charge in [0.1, 0.15) is 0 Å². The number of hydrogen-bond acceptors (Lipinski definition) is 4. The average molecular weight is 324 g/mol. The Morgan fingerprint density at radius 1 is 1.23 bits per heavy atom. The summed E-state index contributed by atoms with van der Waals surface area (Å²) in [6, 6.07) is 10.3. The third-order valence-electron chi connectivity index (χ3n) is 4.18. The molecule has 124 valence electrons. The molecule has 1 aliphatic heterocycles. The van der Waals surface area contributed by atoms with Gasteiger partial charge in [0.15, 0.2) is 0 Å². The van der Waals surface area contributed by atoms with Crippen molar-refractivity contribution in [2.75, 3.05) is 51.7 Å². The molecule has 2 rings (SSSR count). The summed E-state index contributed by atoms with van der Waals surface area (Å²) in [6.07, 6.45) is 0. The molecule has 1 fully saturated rings. The maximum atomic E-state index is 12.3. The van der Waals surface area contributed by atoms with Crippen LogP contribution >= 0.6 is 0 Å². The largest absolute Gasteiger partial charge is 0.380 e. The summed E-state index contributed by atoms with van der Waals surface area (Å²) in [7, 11) is -0.886. The predicted octanol–water partition coefficient (Wildman–Crippen LogP) is 1.84. The Morgan fingerprint density at radius 2 is 2.00 bits per heavy atom. The van der Waals surface area contributed by atoms with Gasteiger partial charge in [0, 0.05) is 56.0 Å². The highest BCUT2D eigenvalue weighted by Crippen LogP contribution is 2.11. The quantitative estimate of drug-likeness (QED) is 0.683. The van der Waals surface area contributed by atoms with Crippen LogP contribution in [0.4, 0.5) is 0 Å². The SMILES string of the molecule is CCOCCN1CCN(CCS(=O)c2ccccc2)CC1C. The molecule has 0 saturated carbocycles. The molecule has 0 spiro atoms. The highest BCUT2D eigenvalue weighted by Gasteiger charge is 2.23. The van der Waals surface area contributed by atoms with E-state index < -0.39 is 10.8 Å². The monoisotopic (exact) mass is 324 g/mol. The number of ether oxygens (including phenoxy) is 1. The molecule has 1 saturated heterocycles. The van der Waals surface area contributed by atoms with E-state index in [4.69, 9.17) is 4.74 Å². The van der Waals surface area contributed by atoms with Crippen LogP contribution < -0.4 is 0 Å². The Labute approximate surface area is 136 Å². The zero-order valence-corrected chi connectivity index (χ0v) is 14.6. The lowest BCUT2D eigenvalue weighted by Gasteiger charge is -2.39. The summed E-state index contributed by atoms with van der Waals surface area (Å²) in [5.41, 5.74) is 0. The first-order valence-corrected chi connectivity index (χ1v) is 9.50. The molecular weight excluding hydrogens is 296 g/mol. The van der Waals surface area contributed by atoms with Crippen molar-refractivity contribution < 1.29 is 8.95 Å². The van der Waals surface area contributed by atoms with E-state index in [1.54, 1.807) is 0 Å². The first-order valence-electron chi connectivity index (χ1n) is 8.18. The summed E-state index contributed by atoms with van der Waals surface area (Å²) < 4.78 is 17.7. The molecule has 0 amide bonds. The molecule has 1 aliphatic rings. The van der Waals surface area contributed by atoms with Gasteiger partial charge in [-0.25, -0.2) is 0 Å². The Kier molecular flexibility index (Phi) is 7.52. The van der Waals surface area contributed by atoms with Crippen LogP contribution in [0.5, 0.6) is 0 Å². The van der Waals surface area contributed by atoms with Crippen molar-refractivity contribution >= 4 is 10.8 Å². The van der Waals surface area contributed by atoms with Gasteiger partial charge in [-0.2, -0.15) is 0 Å². The van der Waals surface area contributed by atoms with Crippen LogP contribution in [0.3, 0.4) is 0 Å². The molecule has 0 radical (unpaired) electrons. The Bertz CT molecular complexity index is 455. The summed E-state index contributed by atoms with van der Waals surface area (Å²) in [5, 5.41) is 0. The summed E-state index contributed by atoms with van der Waals surface area (Å²) in [5.74, 6) is 0.718. The van der Waals surface area contributed by atoms with Crippen LogP contribution in [0.1, 0.15) is 13.8 Å². The predicted molar refractivity (Wildman–Crippen MR) is 91.7 cm³/mol. The average Bonchev–Trinajstić information content (AvgIpc) is 2.55. The van der Waals surface area contributed by atoms with Crippen molar-refractivity contribution in [3.8, 4) is 0 Å². The van der Waals surface area contributed by atoms with E-state index in [0.717, 1.165) is 56.6 Å². The van der Waals surface area contributed by atoms with Gasteiger partial charge < -0.3 is 4.74 Å². The third-order valence-corrected chi connectivity index (χ3v) is 5.53. The normalized spacial score (nSPS) is 21.8. The highest BCUT2D eigenvalue weighted by atomic mass is 32.2. The van der Waals surface area contributed by atoms with E-state index in [2.05, 4.69) is 16.7 Å². The molecule has 1 heterocycles. The fourth-order valence-corrected chi connectivity index (χ4v) is 3.95. The molecule has 2 unspecified atom stereocenters. The van der Waals surface area contributed by atoms with Crippen molar-refractivity contribution in [2.24, 2.45) is 0 Å². The van der Waals surface area contributed by atoms with Crippen LogP contribution in [0.15, 0.2) is 35.2 Å². The lowest BCUT2D eigenvalue weighted by atomic mass is 10.2. The van der Waals surface area contributed by atoms with Crippen LogP contribution in [0.2, 0.25) is 0 Å². The standard InChI is InChI=1S/C17H28N2O2S/c1-3-21-13-11-19-10-9-18(15-16(19)2)12-14-22(20)17-7-5-4-6-8-17/h4-8,16H,3,9-15H2,1-2H3. The van der Waals surface area contributed by atoms with Crippen LogP contribution in [0, 0.1) is 0 Å². The molecule has 2 atom stereocenters. The van der Waals surface area contributed by atoms with E-state index >= 15 is 0 Å². The summed E-state index contributed by atoms with van der Waals surface area (Å²) in [4.78, 5) is 5.86. The first-order chi connectivity index (χ1) is 10.7. The van der Waals surface area contributed by atoms with Crippen molar-refractivity contribution in [3.63, 3.8) is 0 Å². The first kappa shape index (κ1) is 17.6. The topological polar surface area (TPSA) is 32.8 Å². The molecule has 0 aliphatic carbocycles. The molecule has 5 heteroatoms. The maximum absolute atomic E-state index is 12.3. The second kappa shape index (κ2) is 9.40. The van der Waals surface area contributed by atoms with Crippen molar-refractivity contribution in [2.45, 2.75) is 24.8 Å². The number of piperazine rings is 1. The maximum Gasteiger partial charge on any atom is 0.0593 e. The molecule has 22 heavy (non-hydrogen) atoms. The molecular formula is C17H28N2O2S.